The van der Waals surface area contributed by atoms with Gasteiger partial charge in [-0.05, 0) is 96.4 Å². The molecular formula is C33H36N2O5. The number of hydrogen-bond acceptors (Lipinski definition) is 6. The molecule has 5 rings (SSSR count). The number of nitrogens with zero attached hydrogens (tertiary/aromatic N) is 1. The molecule has 0 bridgehead atoms. The van der Waals surface area contributed by atoms with Crippen LogP contribution in [-0.4, -0.2) is 51.2 Å². The fourth-order valence-corrected chi connectivity index (χ4v) is 4.82. The minimum atomic E-state index is -0.0679. The maximum atomic E-state index is 12.9. The molecular weight excluding hydrogens is 504 g/mol. The molecule has 1 saturated heterocycles. The Morgan fingerprint density at radius 3 is 1.82 bits per heavy atom. The van der Waals surface area contributed by atoms with Gasteiger partial charge in [-0.2, -0.15) is 0 Å². The Morgan fingerprint density at radius 2 is 1.27 bits per heavy atom. The van der Waals surface area contributed by atoms with Crippen molar-refractivity contribution in [3.05, 3.63) is 95.6 Å². The van der Waals surface area contributed by atoms with Gasteiger partial charge in [-0.25, -0.2) is 0 Å². The van der Waals surface area contributed by atoms with Gasteiger partial charge in [0.15, 0.2) is 11.5 Å². The molecule has 7 nitrogen and oxygen atoms in total. The first-order valence-electron chi connectivity index (χ1n) is 13.7. The van der Waals surface area contributed by atoms with Crippen LogP contribution in [0.1, 0.15) is 34.3 Å². The third kappa shape index (κ3) is 7.04. The Bertz CT molecular complexity index is 1410. The maximum Gasteiger partial charge on any atom is 0.251 e. The van der Waals surface area contributed by atoms with E-state index >= 15 is 0 Å². The fourth-order valence-electron chi connectivity index (χ4n) is 4.82. The van der Waals surface area contributed by atoms with E-state index in [1.165, 1.54) is 12.8 Å². The predicted octanol–water partition coefficient (Wildman–Crippen LogP) is 5.84. The number of carbonyl (C=O) groups is 1. The molecule has 0 saturated carbocycles. The zero-order valence-corrected chi connectivity index (χ0v) is 23.2. The van der Waals surface area contributed by atoms with E-state index in [0.29, 0.717) is 36.8 Å². The average molecular weight is 541 g/mol. The number of benzene rings is 4. The number of nitrogens with one attached hydrogen (secondary N) is 1. The topological polar surface area (TPSA) is 69.3 Å². The summed E-state index contributed by atoms with van der Waals surface area (Å²) in [6.07, 6.45) is 2.49. The number of fused-ring (bicyclic) bond motifs is 1. The number of methoxy groups -OCH3 is 2. The van der Waals surface area contributed by atoms with E-state index in [1.807, 2.05) is 78.9 Å². The number of ether oxygens (including phenoxy) is 4. The lowest BCUT2D eigenvalue weighted by Crippen LogP contribution is -2.33. The Hall–Kier alpha value is -4.23. The van der Waals surface area contributed by atoms with Gasteiger partial charge in [0, 0.05) is 18.7 Å². The van der Waals surface area contributed by atoms with Crippen molar-refractivity contribution in [2.75, 3.05) is 40.4 Å². The largest absolute Gasteiger partial charge is 0.497 e. The zero-order chi connectivity index (χ0) is 27.7. The highest BCUT2D eigenvalue weighted by molar-refractivity contribution is 5.99. The van der Waals surface area contributed by atoms with Crippen LogP contribution < -0.4 is 24.3 Å². The summed E-state index contributed by atoms with van der Waals surface area (Å²) in [5.74, 6) is 2.78. The van der Waals surface area contributed by atoms with Gasteiger partial charge in [-0.15, -0.1) is 0 Å². The molecule has 0 spiro atoms. The third-order valence-corrected chi connectivity index (χ3v) is 7.18. The number of hydrogen-bond donors (Lipinski definition) is 1. The van der Waals surface area contributed by atoms with E-state index < -0.39 is 0 Å². The quantitative estimate of drug-likeness (QED) is 0.244. The summed E-state index contributed by atoms with van der Waals surface area (Å²) >= 11 is 0. The lowest BCUT2D eigenvalue weighted by atomic mass is 10.1. The molecule has 1 heterocycles. The second kappa shape index (κ2) is 13.2. The lowest BCUT2D eigenvalue weighted by Gasteiger charge is -2.16. The molecule has 40 heavy (non-hydrogen) atoms. The van der Waals surface area contributed by atoms with Gasteiger partial charge in [-0.3, -0.25) is 4.79 Å². The fraction of sp³-hybridized carbons (Fsp3) is 0.303. The summed E-state index contributed by atoms with van der Waals surface area (Å²) in [5, 5.41) is 4.94. The van der Waals surface area contributed by atoms with Crippen LogP contribution >= 0.6 is 0 Å². The van der Waals surface area contributed by atoms with Crippen LogP contribution in [0.3, 0.4) is 0 Å². The van der Waals surface area contributed by atoms with Crippen molar-refractivity contribution in [1.82, 2.24) is 10.2 Å². The molecule has 0 aliphatic carbocycles. The van der Waals surface area contributed by atoms with Crippen LogP contribution in [-0.2, 0) is 13.2 Å². The molecule has 208 valence electrons. The summed E-state index contributed by atoms with van der Waals surface area (Å²) in [4.78, 5) is 15.3. The molecule has 0 unspecified atom stereocenters. The number of likely N-dealkylation sites (tertiary alicyclic amines) is 1. The third-order valence-electron chi connectivity index (χ3n) is 7.18. The molecule has 1 aliphatic heterocycles. The smallest absolute Gasteiger partial charge is 0.251 e. The molecule has 4 aromatic rings. The molecule has 4 aromatic carbocycles. The SMILES string of the molecule is COc1ccc(COc2cc3ccc(C(=O)NCCN4CCCC4)cc3cc2OCc2ccc(OC)cc2)cc1. The first-order chi connectivity index (χ1) is 19.6. The van der Waals surface area contributed by atoms with Gasteiger partial charge in [0.05, 0.1) is 14.2 Å². The molecule has 0 atom stereocenters. The minimum Gasteiger partial charge on any atom is -0.497 e. The predicted molar refractivity (Wildman–Crippen MR) is 157 cm³/mol. The molecule has 1 amide bonds. The van der Waals surface area contributed by atoms with Gasteiger partial charge < -0.3 is 29.2 Å². The first-order valence-corrected chi connectivity index (χ1v) is 13.7. The van der Waals surface area contributed by atoms with Crippen LogP contribution in [0.4, 0.5) is 0 Å². The number of amides is 1. The van der Waals surface area contributed by atoms with Crippen LogP contribution in [0.15, 0.2) is 78.9 Å². The Balaban J connectivity index is 1.34. The standard InChI is InChI=1S/C33H36N2O5/c1-37-29-11-5-24(6-12-29)22-39-31-20-26-9-10-27(33(36)34-15-18-35-16-3-4-17-35)19-28(26)21-32(31)40-23-25-7-13-30(38-2)14-8-25/h5-14,19-21H,3-4,15-18,22-23H2,1-2H3,(H,34,36). The van der Waals surface area contributed by atoms with Crippen LogP contribution in [0.5, 0.6) is 23.0 Å². The van der Waals surface area contributed by atoms with Crippen molar-refractivity contribution < 1.29 is 23.7 Å². The Morgan fingerprint density at radius 1 is 0.725 bits per heavy atom. The molecule has 1 aliphatic rings. The van der Waals surface area contributed by atoms with E-state index in [2.05, 4.69) is 10.2 Å². The number of rotatable bonds is 12. The maximum absolute atomic E-state index is 12.9. The highest BCUT2D eigenvalue weighted by Crippen LogP contribution is 2.34. The van der Waals surface area contributed by atoms with Gasteiger partial charge in [0.1, 0.15) is 24.7 Å². The molecule has 1 N–H and O–H groups in total. The summed E-state index contributed by atoms with van der Waals surface area (Å²) in [6.45, 7) is 4.52. The molecule has 1 fully saturated rings. The van der Waals surface area contributed by atoms with Crippen molar-refractivity contribution in [1.29, 1.82) is 0 Å². The average Bonchev–Trinajstić information content (AvgIpc) is 3.52. The minimum absolute atomic E-state index is 0.0679. The normalized spacial score (nSPS) is 13.2. The number of carbonyl (C=O) groups excluding carboxylic acids is 1. The van der Waals surface area contributed by atoms with E-state index in [-0.39, 0.29) is 5.91 Å². The highest BCUT2D eigenvalue weighted by atomic mass is 16.5. The monoisotopic (exact) mass is 540 g/mol. The molecule has 0 radical (unpaired) electrons. The van der Waals surface area contributed by atoms with Crippen molar-refractivity contribution >= 4 is 16.7 Å². The second-order valence-corrected chi connectivity index (χ2v) is 9.94. The van der Waals surface area contributed by atoms with Gasteiger partial charge in [-0.1, -0.05) is 30.3 Å². The van der Waals surface area contributed by atoms with Crippen LogP contribution in [0.2, 0.25) is 0 Å². The second-order valence-electron chi connectivity index (χ2n) is 9.94. The van der Waals surface area contributed by atoms with E-state index in [9.17, 15) is 4.79 Å². The van der Waals surface area contributed by atoms with Crippen molar-refractivity contribution in [3.63, 3.8) is 0 Å². The van der Waals surface area contributed by atoms with E-state index in [4.69, 9.17) is 18.9 Å². The van der Waals surface area contributed by atoms with Crippen molar-refractivity contribution in [2.24, 2.45) is 0 Å². The first kappa shape index (κ1) is 27.3. The zero-order valence-electron chi connectivity index (χ0n) is 23.2. The lowest BCUT2D eigenvalue weighted by molar-refractivity contribution is 0.0950. The van der Waals surface area contributed by atoms with Crippen LogP contribution in [0.25, 0.3) is 10.8 Å². The van der Waals surface area contributed by atoms with Gasteiger partial charge in [0.2, 0.25) is 0 Å². The van der Waals surface area contributed by atoms with Crippen molar-refractivity contribution in [2.45, 2.75) is 26.1 Å². The summed E-state index contributed by atoms with van der Waals surface area (Å²) < 4.78 is 23.0. The summed E-state index contributed by atoms with van der Waals surface area (Å²) in [6, 6.07) is 25.2. The van der Waals surface area contributed by atoms with Gasteiger partial charge >= 0.3 is 0 Å². The van der Waals surface area contributed by atoms with Crippen LogP contribution in [0, 0.1) is 0 Å². The van der Waals surface area contributed by atoms with Gasteiger partial charge in [0.25, 0.3) is 5.91 Å². The molecule has 7 heteroatoms. The highest BCUT2D eigenvalue weighted by Gasteiger charge is 2.14. The van der Waals surface area contributed by atoms with E-state index in [0.717, 1.165) is 53.0 Å². The summed E-state index contributed by atoms with van der Waals surface area (Å²) in [7, 11) is 3.30. The molecule has 0 aromatic heterocycles. The van der Waals surface area contributed by atoms with Crippen molar-refractivity contribution in [3.8, 4) is 23.0 Å². The van der Waals surface area contributed by atoms with E-state index in [1.54, 1.807) is 14.2 Å². The summed E-state index contributed by atoms with van der Waals surface area (Å²) in [5.41, 5.74) is 2.65. The Labute approximate surface area is 235 Å². The Kier molecular flexibility index (Phi) is 9.04.